The summed E-state index contributed by atoms with van der Waals surface area (Å²) < 4.78 is 0. The van der Waals surface area contributed by atoms with E-state index in [1.165, 1.54) is 25.7 Å². The molecule has 0 radical (unpaired) electrons. The Morgan fingerprint density at radius 1 is 1.29 bits per heavy atom. The van der Waals surface area contributed by atoms with Gasteiger partial charge in [-0.1, -0.05) is 6.92 Å². The minimum atomic E-state index is 0.000768. The summed E-state index contributed by atoms with van der Waals surface area (Å²) in [7, 11) is 2.03. The topological polar surface area (TPSA) is 56.1 Å². The summed E-state index contributed by atoms with van der Waals surface area (Å²) in [6.07, 6.45) is 4.88. The van der Waals surface area contributed by atoms with E-state index in [9.17, 15) is 4.79 Å². The van der Waals surface area contributed by atoms with E-state index >= 15 is 0 Å². The van der Waals surface area contributed by atoms with Gasteiger partial charge in [0.2, 0.25) is 5.91 Å². The summed E-state index contributed by atoms with van der Waals surface area (Å²) >= 11 is 0. The molecule has 1 aromatic carbocycles. The summed E-state index contributed by atoms with van der Waals surface area (Å²) in [5.41, 5.74) is 1.34. The van der Waals surface area contributed by atoms with Gasteiger partial charge in [-0.25, -0.2) is 0 Å². The molecule has 0 spiro atoms. The smallest absolute Gasteiger partial charge is 0.238 e. The van der Waals surface area contributed by atoms with Crippen LogP contribution >= 0.6 is 0 Å². The first-order valence-corrected chi connectivity index (χ1v) is 7.58. The van der Waals surface area contributed by atoms with Crippen LogP contribution in [-0.2, 0) is 4.79 Å². The quantitative estimate of drug-likeness (QED) is 0.925. The van der Waals surface area contributed by atoms with E-state index in [1.807, 2.05) is 7.05 Å². The predicted molar refractivity (Wildman–Crippen MR) is 83.8 cm³/mol. The minimum absolute atomic E-state index is 0.000768. The number of likely N-dealkylation sites (N-methyl/N-ethyl adjacent to an activating group) is 1. The van der Waals surface area contributed by atoms with Gasteiger partial charge in [-0.3, -0.25) is 9.69 Å². The van der Waals surface area contributed by atoms with Crippen LogP contribution in [0.5, 0.6) is 0 Å². The number of nitrogens with one attached hydrogen (secondary N) is 1. The Balaban J connectivity index is 1.82. The lowest BCUT2D eigenvalue weighted by Gasteiger charge is -2.33. The molecular formula is C17H23N3O. The highest BCUT2D eigenvalue weighted by Gasteiger charge is 2.22. The largest absolute Gasteiger partial charge is 0.325 e. The highest BCUT2D eigenvalue weighted by molar-refractivity contribution is 5.92. The molecule has 1 aliphatic rings. The number of amides is 1. The Morgan fingerprint density at radius 2 is 1.90 bits per heavy atom. The normalized spacial score (nSPS) is 21.8. The van der Waals surface area contributed by atoms with Gasteiger partial charge in [-0.05, 0) is 62.9 Å². The van der Waals surface area contributed by atoms with E-state index in [-0.39, 0.29) is 5.91 Å². The van der Waals surface area contributed by atoms with Crippen LogP contribution in [0.25, 0.3) is 0 Å². The number of anilines is 1. The number of carbonyl (C=O) groups excluding carboxylic acids is 1. The van der Waals surface area contributed by atoms with Crippen LogP contribution in [0.4, 0.5) is 5.69 Å². The maximum Gasteiger partial charge on any atom is 0.238 e. The second-order valence-electron chi connectivity index (χ2n) is 6.07. The molecule has 4 nitrogen and oxygen atoms in total. The number of hydrogen-bond donors (Lipinski definition) is 1. The van der Waals surface area contributed by atoms with E-state index in [4.69, 9.17) is 5.26 Å². The first-order chi connectivity index (χ1) is 10.1. The maximum atomic E-state index is 12.1. The molecule has 0 unspecified atom stereocenters. The number of rotatable bonds is 4. The minimum Gasteiger partial charge on any atom is -0.325 e. The first-order valence-electron chi connectivity index (χ1n) is 7.58. The number of nitrogens with zero attached hydrogens (tertiary/aromatic N) is 2. The van der Waals surface area contributed by atoms with Crippen molar-refractivity contribution in [1.82, 2.24) is 4.90 Å². The molecular weight excluding hydrogens is 262 g/mol. The molecule has 2 rings (SSSR count). The van der Waals surface area contributed by atoms with E-state index in [2.05, 4.69) is 23.2 Å². The summed E-state index contributed by atoms with van der Waals surface area (Å²) in [5.74, 6) is 0.822. The van der Waals surface area contributed by atoms with Crippen molar-refractivity contribution in [3.63, 3.8) is 0 Å². The molecule has 0 saturated heterocycles. The molecule has 1 aliphatic carbocycles. The number of benzene rings is 1. The zero-order valence-corrected chi connectivity index (χ0v) is 12.8. The molecule has 1 N–H and O–H groups in total. The number of nitriles is 1. The van der Waals surface area contributed by atoms with Crippen LogP contribution in [0.3, 0.4) is 0 Å². The third kappa shape index (κ3) is 4.57. The van der Waals surface area contributed by atoms with Crippen molar-refractivity contribution in [3.8, 4) is 6.07 Å². The predicted octanol–water partition coefficient (Wildman–Crippen LogP) is 3.01. The third-order valence-corrected chi connectivity index (χ3v) is 4.30. The highest BCUT2D eigenvalue weighted by Crippen LogP contribution is 2.26. The van der Waals surface area contributed by atoms with Gasteiger partial charge in [-0.15, -0.1) is 0 Å². The molecule has 112 valence electrons. The van der Waals surface area contributed by atoms with Crippen LogP contribution in [-0.4, -0.2) is 30.4 Å². The second kappa shape index (κ2) is 7.24. The molecule has 1 amide bonds. The van der Waals surface area contributed by atoms with Crippen molar-refractivity contribution in [2.24, 2.45) is 5.92 Å². The average Bonchev–Trinajstić information content (AvgIpc) is 2.48. The van der Waals surface area contributed by atoms with Gasteiger partial charge in [0, 0.05) is 11.7 Å². The van der Waals surface area contributed by atoms with Crippen molar-refractivity contribution in [1.29, 1.82) is 5.26 Å². The fraction of sp³-hybridized carbons (Fsp3) is 0.529. The third-order valence-electron chi connectivity index (χ3n) is 4.30. The zero-order chi connectivity index (χ0) is 15.2. The lowest BCUT2D eigenvalue weighted by Crippen LogP contribution is -2.39. The molecule has 21 heavy (non-hydrogen) atoms. The fourth-order valence-electron chi connectivity index (χ4n) is 2.87. The van der Waals surface area contributed by atoms with Gasteiger partial charge >= 0.3 is 0 Å². The van der Waals surface area contributed by atoms with Crippen LogP contribution in [0.15, 0.2) is 24.3 Å². The Morgan fingerprint density at radius 3 is 2.48 bits per heavy atom. The Labute approximate surface area is 126 Å². The van der Waals surface area contributed by atoms with Gasteiger partial charge in [0.25, 0.3) is 0 Å². The number of hydrogen-bond acceptors (Lipinski definition) is 3. The SMILES string of the molecule is CC1CCC(N(C)CC(=O)Nc2ccc(C#N)cc2)CC1. The van der Waals surface area contributed by atoms with Crippen LogP contribution in [0, 0.1) is 17.2 Å². The lowest BCUT2D eigenvalue weighted by atomic mass is 9.87. The molecule has 4 heteroatoms. The van der Waals surface area contributed by atoms with Crippen LogP contribution in [0.1, 0.15) is 38.2 Å². The summed E-state index contributed by atoms with van der Waals surface area (Å²) in [6, 6.07) is 9.53. The van der Waals surface area contributed by atoms with Crippen molar-refractivity contribution < 1.29 is 4.79 Å². The van der Waals surface area contributed by atoms with E-state index < -0.39 is 0 Å². The number of carbonyl (C=O) groups is 1. The van der Waals surface area contributed by atoms with Crippen LogP contribution in [0.2, 0.25) is 0 Å². The maximum absolute atomic E-state index is 12.1. The summed E-state index contributed by atoms with van der Waals surface area (Å²) in [4.78, 5) is 14.2. The highest BCUT2D eigenvalue weighted by atomic mass is 16.2. The van der Waals surface area contributed by atoms with Gasteiger partial charge in [0.05, 0.1) is 18.2 Å². The van der Waals surface area contributed by atoms with Crippen molar-refractivity contribution in [2.45, 2.75) is 38.6 Å². The Bertz CT molecular complexity index is 510. The Hall–Kier alpha value is -1.86. The van der Waals surface area contributed by atoms with Crippen molar-refractivity contribution in [2.75, 3.05) is 18.9 Å². The van der Waals surface area contributed by atoms with Gasteiger partial charge in [-0.2, -0.15) is 5.26 Å². The molecule has 1 saturated carbocycles. The summed E-state index contributed by atoms with van der Waals surface area (Å²) in [6.45, 7) is 2.72. The lowest BCUT2D eigenvalue weighted by molar-refractivity contribution is -0.117. The average molecular weight is 285 g/mol. The zero-order valence-electron chi connectivity index (χ0n) is 12.8. The molecule has 1 aromatic rings. The van der Waals surface area contributed by atoms with Crippen molar-refractivity contribution in [3.05, 3.63) is 29.8 Å². The molecule has 0 atom stereocenters. The monoisotopic (exact) mass is 285 g/mol. The van der Waals surface area contributed by atoms with Crippen molar-refractivity contribution >= 4 is 11.6 Å². The van der Waals surface area contributed by atoms with Gasteiger partial charge in [0.1, 0.15) is 0 Å². The first kappa shape index (κ1) is 15.5. The summed E-state index contributed by atoms with van der Waals surface area (Å²) in [5, 5.41) is 11.6. The molecule has 0 heterocycles. The fourth-order valence-corrected chi connectivity index (χ4v) is 2.87. The molecule has 0 bridgehead atoms. The molecule has 0 aromatic heterocycles. The van der Waals surface area contributed by atoms with E-state index in [1.54, 1.807) is 24.3 Å². The van der Waals surface area contributed by atoms with E-state index in [0.29, 0.717) is 18.2 Å². The standard InChI is InChI=1S/C17H23N3O/c1-13-3-9-16(10-4-13)20(2)12-17(21)19-15-7-5-14(11-18)6-8-15/h5-8,13,16H,3-4,9-10,12H2,1-2H3,(H,19,21). The Kier molecular flexibility index (Phi) is 5.35. The van der Waals surface area contributed by atoms with Crippen LogP contribution < -0.4 is 5.32 Å². The van der Waals surface area contributed by atoms with Gasteiger partial charge < -0.3 is 5.32 Å². The van der Waals surface area contributed by atoms with Gasteiger partial charge in [0.15, 0.2) is 0 Å². The molecule has 1 fully saturated rings. The molecule has 0 aliphatic heterocycles. The second-order valence-corrected chi connectivity index (χ2v) is 6.07. The van der Waals surface area contributed by atoms with E-state index in [0.717, 1.165) is 11.6 Å².